The third kappa shape index (κ3) is 29.1. The number of nitrogens with one attached hydrogen (secondary N) is 1. The largest absolute Gasteiger partial charge is 0.394 e. The van der Waals surface area contributed by atoms with E-state index >= 15 is 0 Å². The fourth-order valence-electron chi connectivity index (χ4n) is 5.27. The molecule has 0 aliphatic carbocycles. The molecule has 5 nitrogen and oxygen atoms in total. The van der Waals surface area contributed by atoms with Crippen molar-refractivity contribution in [3.63, 3.8) is 0 Å². The van der Waals surface area contributed by atoms with E-state index < -0.39 is 24.2 Å². The highest BCUT2D eigenvalue weighted by atomic mass is 16.3. The Morgan fingerprint density at radius 1 is 0.558 bits per heavy atom. The Labute approximate surface area is 266 Å². The van der Waals surface area contributed by atoms with Gasteiger partial charge in [-0.1, -0.05) is 166 Å². The minimum atomic E-state index is -1.10. The molecule has 5 heteroatoms. The highest BCUT2D eigenvalue weighted by Gasteiger charge is 2.22. The van der Waals surface area contributed by atoms with Gasteiger partial charge in [-0.15, -0.1) is 0 Å². The van der Waals surface area contributed by atoms with Gasteiger partial charge in [0.1, 0.15) is 6.10 Å². The van der Waals surface area contributed by atoms with Crippen LogP contribution in [-0.2, 0) is 4.79 Å². The van der Waals surface area contributed by atoms with Crippen molar-refractivity contribution < 1.29 is 20.1 Å². The quantitative estimate of drug-likeness (QED) is 0.0454. The molecule has 0 aliphatic rings. The van der Waals surface area contributed by atoms with Gasteiger partial charge in [-0.25, -0.2) is 0 Å². The molecule has 0 heterocycles. The van der Waals surface area contributed by atoms with Crippen molar-refractivity contribution in [2.45, 2.75) is 193 Å². The lowest BCUT2D eigenvalue weighted by Gasteiger charge is -2.21. The van der Waals surface area contributed by atoms with Gasteiger partial charge in [0.25, 0.3) is 0 Å². The van der Waals surface area contributed by atoms with Gasteiger partial charge in [0, 0.05) is 0 Å². The van der Waals surface area contributed by atoms with Crippen molar-refractivity contribution in [3.8, 4) is 0 Å². The van der Waals surface area contributed by atoms with Crippen molar-refractivity contribution in [2.75, 3.05) is 6.61 Å². The summed E-state index contributed by atoms with van der Waals surface area (Å²) in [5, 5.41) is 32.9. The SMILES string of the molecule is CCCCCCCC/C=C/CC/C=C/CC/C=C/C(O)C(CO)NC(=O)C(O)CCCCCCCCCCCCCCC. The molecule has 0 aromatic carbocycles. The summed E-state index contributed by atoms with van der Waals surface area (Å²) >= 11 is 0. The van der Waals surface area contributed by atoms with Gasteiger partial charge in [-0.05, 0) is 44.9 Å². The van der Waals surface area contributed by atoms with E-state index in [0.717, 1.165) is 44.9 Å². The van der Waals surface area contributed by atoms with Gasteiger partial charge in [0.15, 0.2) is 0 Å². The summed E-state index contributed by atoms with van der Waals surface area (Å²) < 4.78 is 0. The molecular weight excluding hydrogens is 534 g/mol. The number of unbranched alkanes of at least 4 members (excludes halogenated alkanes) is 20. The van der Waals surface area contributed by atoms with E-state index in [9.17, 15) is 20.1 Å². The van der Waals surface area contributed by atoms with Crippen LogP contribution in [0.5, 0.6) is 0 Å². The summed E-state index contributed by atoms with van der Waals surface area (Å²) in [5.74, 6) is -0.519. The third-order valence-corrected chi connectivity index (χ3v) is 8.21. The predicted octanol–water partition coefficient (Wildman–Crippen LogP) is 9.65. The van der Waals surface area contributed by atoms with E-state index in [1.165, 1.54) is 109 Å². The van der Waals surface area contributed by atoms with E-state index in [-0.39, 0.29) is 6.61 Å². The maximum absolute atomic E-state index is 12.4. The second-order valence-electron chi connectivity index (χ2n) is 12.4. The molecule has 4 N–H and O–H groups in total. The van der Waals surface area contributed by atoms with Crippen LogP contribution in [0.4, 0.5) is 0 Å². The number of hydrogen-bond acceptors (Lipinski definition) is 4. The number of rotatable bonds is 32. The predicted molar refractivity (Wildman–Crippen MR) is 185 cm³/mol. The fraction of sp³-hybridized carbons (Fsp3) is 0.816. The molecule has 3 atom stereocenters. The van der Waals surface area contributed by atoms with Crippen LogP contribution < -0.4 is 5.32 Å². The molecule has 0 rings (SSSR count). The second-order valence-corrected chi connectivity index (χ2v) is 12.4. The van der Waals surface area contributed by atoms with Crippen LogP contribution in [0.2, 0.25) is 0 Å². The van der Waals surface area contributed by atoms with Crippen LogP contribution in [0.1, 0.15) is 174 Å². The summed E-state index contributed by atoms with van der Waals surface area (Å²) in [4.78, 5) is 12.4. The Kier molecular flexibility index (Phi) is 32.3. The summed E-state index contributed by atoms with van der Waals surface area (Å²) in [5.41, 5.74) is 0. The van der Waals surface area contributed by atoms with Gasteiger partial charge in [-0.3, -0.25) is 4.79 Å². The van der Waals surface area contributed by atoms with E-state index in [0.29, 0.717) is 6.42 Å². The first kappa shape index (κ1) is 41.6. The van der Waals surface area contributed by atoms with Gasteiger partial charge in [0.05, 0.1) is 18.8 Å². The first-order valence-electron chi connectivity index (χ1n) is 18.3. The van der Waals surface area contributed by atoms with Crippen LogP contribution in [0.15, 0.2) is 36.5 Å². The molecule has 0 spiro atoms. The maximum Gasteiger partial charge on any atom is 0.249 e. The number of carbonyl (C=O) groups is 1. The Balaban J connectivity index is 3.84. The van der Waals surface area contributed by atoms with Crippen molar-refractivity contribution >= 4 is 5.91 Å². The minimum absolute atomic E-state index is 0.380. The lowest BCUT2D eigenvalue weighted by Crippen LogP contribution is -2.48. The molecule has 0 saturated heterocycles. The summed E-state index contributed by atoms with van der Waals surface area (Å²) in [7, 11) is 0. The number of allylic oxidation sites excluding steroid dienone is 5. The average Bonchev–Trinajstić information content (AvgIpc) is 3.01. The smallest absolute Gasteiger partial charge is 0.249 e. The summed E-state index contributed by atoms with van der Waals surface area (Å²) in [6.45, 7) is 4.13. The highest BCUT2D eigenvalue weighted by molar-refractivity contribution is 5.80. The molecule has 0 saturated carbocycles. The monoisotopic (exact) mass is 606 g/mol. The number of aliphatic hydroxyl groups excluding tert-OH is 3. The Morgan fingerprint density at radius 3 is 1.42 bits per heavy atom. The maximum atomic E-state index is 12.4. The van der Waals surface area contributed by atoms with Crippen molar-refractivity contribution in [2.24, 2.45) is 0 Å². The van der Waals surface area contributed by atoms with Gasteiger partial charge in [-0.2, -0.15) is 0 Å². The summed E-state index contributed by atoms with van der Waals surface area (Å²) in [6.07, 6.45) is 40.1. The first-order chi connectivity index (χ1) is 21.1. The van der Waals surface area contributed by atoms with E-state index in [1.807, 2.05) is 6.08 Å². The summed E-state index contributed by atoms with van der Waals surface area (Å²) in [6, 6.07) is -0.816. The molecule has 0 aromatic heterocycles. The molecule has 0 fully saturated rings. The molecule has 0 bridgehead atoms. The lowest BCUT2D eigenvalue weighted by atomic mass is 10.0. The zero-order valence-corrected chi connectivity index (χ0v) is 28.3. The second kappa shape index (κ2) is 33.5. The minimum Gasteiger partial charge on any atom is -0.394 e. The molecule has 0 radical (unpaired) electrons. The van der Waals surface area contributed by atoms with Gasteiger partial charge in [0.2, 0.25) is 5.91 Å². The van der Waals surface area contributed by atoms with Crippen LogP contribution in [-0.4, -0.2) is 46.1 Å². The molecular formula is C38H71NO4. The number of amides is 1. The van der Waals surface area contributed by atoms with Crippen molar-refractivity contribution in [1.82, 2.24) is 5.32 Å². The molecule has 252 valence electrons. The number of aliphatic hydroxyl groups is 3. The Hall–Kier alpha value is -1.43. The Bertz CT molecular complexity index is 675. The first-order valence-corrected chi connectivity index (χ1v) is 18.3. The third-order valence-electron chi connectivity index (χ3n) is 8.21. The fourth-order valence-corrected chi connectivity index (χ4v) is 5.27. The zero-order chi connectivity index (χ0) is 31.6. The highest BCUT2D eigenvalue weighted by Crippen LogP contribution is 2.14. The average molecular weight is 606 g/mol. The van der Waals surface area contributed by atoms with Crippen LogP contribution in [0.3, 0.4) is 0 Å². The topological polar surface area (TPSA) is 89.8 Å². The lowest BCUT2D eigenvalue weighted by molar-refractivity contribution is -0.131. The van der Waals surface area contributed by atoms with Crippen LogP contribution >= 0.6 is 0 Å². The molecule has 43 heavy (non-hydrogen) atoms. The molecule has 0 aliphatic heterocycles. The van der Waals surface area contributed by atoms with Crippen LogP contribution in [0.25, 0.3) is 0 Å². The van der Waals surface area contributed by atoms with Crippen LogP contribution in [0, 0.1) is 0 Å². The van der Waals surface area contributed by atoms with E-state index in [4.69, 9.17) is 0 Å². The van der Waals surface area contributed by atoms with Crippen molar-refractivity contribution in [3.05, 3.63) is 36.5 Å². The Morgan fingerprint density at radius 2 is 0.953 bits per heavy atom. The molecule has 3 unspecified atom stereocenters. The number of hydrogen-bond donors (Lipinski definition) is 4. The van der Waals surface area contributed by atoms with E-state index in [1.54, 1.807) is 6.08 Å². The van der Waals surface area contributed by atoms with Gasteiger partial charge < -0.3 is 20.6 Å². The zero-order valence-electron chi connectivity index (χ0n) is 28.3. The number of carbonyl (C=O) groups excluding carboxylic acids is 1. The van der Waals surface area contributed by atoms with Gasteiger partial charge >= 0.3 is 0 Å². The molecule has 1 amide bonds. The standard InChI is InChI=1S/C38H71NO4/c1-3-5-7-9-11-13-15-17-18-19-21-22-24-26-28-30-32-36(41)35(34-40)39-38(43)37(42)33-31-29-27-25-23-20-16-14-12-10-8-6-4-2/h17-18,22,24,30,32,35-37,40-42H,3-16,19-21,23,25-29,31,33-34H2,1-2H3,(H,39,43)/b18-17+,24-22+,32-30+. The normalized spacial score (nSPS) is 14.3. The van der Waals surface area contributed by atoms with Crippen molar-refractivity contribution in [1.29, 1.82) is 0 Å². The molecule has 0 aromatic rings. The van der Waals surface area contributed by atoms with E-state index in [2.05, 4.69) is 43.5 Å².